The van der Waals surface area contributed by atoms with Crippen LogP contribution >= 0.6 is 0 Å². The van der Waals surface area contributed by atoms with Crippen molar-refractivity contribution in [3.63, 3.8) is 0 Å². The summed E-state index contributed by atoms with van der Waals surface area (Å²) in [5.74, 6) is -0.568. The molecule has 0 bridgehead atoms. The molecule has 1 N–H and O–H groups in total. The maximum atomic E-state index is 13.4. The van der Waals surface area contributed by atoms with Crippen molar-refractivity contribution in [2.75, 3.05) is 5.32 Å². The quantitative estimate of drug-likeness (QED) is 0.908. The van der Waals surface area contributed by atoms with Gasteiger partial charge in [-0.1, -0.05) is 18.2 Å². The first-order chi connectivity index (χ1) is 10.1. The zero-order valence-electron chi connectivity index (χ0n) is 10.8. The number of anilines is 1. The number of benzene rings is 2. The molecule has 3 nitrogen and oxygen atoms in total. The van der Waals surface area contributed by atoms with Crippen molar-refractivity contribution in [2.45, 2.75) is 13.2 Å². The molecule has 6 heteroatoms. The molecule has 0 aliphatic rings. The molecule has 0 fully saturated rings. The molecule has 2 aromatic rings. The molecule has 0 saturated carbocycles. The highest BCUT2D eigenvalue weighted by molar-refractivity contribution is 5.58. The molecule has 0 spiro atoms. The van der Waals surface area contributed by atoms with Crippen molar-refractivity contribution >= 4 is 5.69 Å². The van der Waals surface area contributed by atoms with Gasteiger partial charge in [0.15, 0.2) is 0 Å². The Morgan fingerprint density at radius 3 is 2.67 bits per heavy atom. The van der Waals surface area contributed by atoms with Crippen LogP contribution in [0.15, 0.2) is 42.5 Å². The molecule has 0 saturated heterocycles. The van der Waals surface area contributed by atoms with Gasteiger partial charge in [-0.15, -0.1) is 0 Å². The predicted octanol–water partition coefficient (Wildman–Crippen LogP) is 3.91. The predicted molar refractivity (Wildman–Crippen MR) is 71.5 cm³/mol. The Morgan fingerprint density at radius 1 is 1.19 bits per heavy atom. The first-order valence-electron chi connectivity index (χ1n) is 6.06. The topological polar surface area (TPSA) is 45.0 Å². The van der Waals surface area contributed by atoms with Crippen molar-refractivity contribution in [2.24, 2.45) is 0 Å². The zero-order chi connectivity index (χ0) is 15.2. The van der Waals surface area contributed by atoms with Gasteiger partial charge < -0.3 is 10.1 Å². The van der Waals surface area contributed by atoms with Crippen LogP contribution in [0, 0.1) is 17.1 Å². The van der Waals surface area contributed by atoms with E-state index in [0.717, 1.165) is 0 Å². The highest BCUT2D eigenvalue weighted by atomic mass is 19.3. The molecule has 0 radical (unpaired) electrons. The third-order valence-corrected chi connectivity index (χ3v) is 2.73. The molecular formula is C15H11F3N2O. The summed E-state index contributed by atoms with van der Waals surface area (Å²) in [5, 5.41) is 11.8. The minimum Gasteiger partial charge on any atom is -0.435 e. The number of ether oxygens (including phenoxy) is 1. The second-order valence-corrected chi connectivity index (χ2v) is 4.15. The van der Waals surface area contributed by atoms with E-state index >= 15 is 0 Å². The van der Waals surface area contributed by atoms with Crippen LogP contribution in [0.25, 0.3) is 0 Å². The summed E-state index contributed by atoms with van der Waals surface area (Å²) in [6.45, 7) is -2.64. The molecule has 0 aliphatic heterocycles. The van der Waals surface area contributed by atoms with Gasteiger partial charge in [0.2, 0.25) is 0 Å². The van der Waals surface area contributed by atoms with Crippen molar-refractivity contribution in [3.05, 3.63) is 59.4 Å². The summed E-state index contributed by atoms with van der Waals surface area (Å²) in [6.07, 6.45) is 0. The lowest BCUT2D eigenvalue weighted by Gasteiger charge is -2.10. The number of hydrogen-bond acceptors (Lipinski definition) is 3. The monoisotopic (exact) mass is 292 g/mol. The fourth-order valence-corrected chi connectivity index (χ4v) is 1.81. The Bertz CT molecular complexity index is 668. The third-order valence-electron chi connectivity index (χ3n) is 2.73. The lowest BCUT2D eigenvalue weighted by atomic mass is 10.1. The number of nitrogens with one attached hydrogen (secondary N) is 1. The van der Waals surface area contributed by atoms with Gasteiger partial charge in [-0.3, -0.25) is 0 Å². The van der Waals surface area contributed by atoms with Gasteiger partial charge in [-0.25, -0.2) is 4.39 Å². The molecule has 0 aliphatic carbocycles. The molecule has 108 valence electrons. The molecule has 2 rings (SSSR count). The minimum absolute atomic E-state index is 0.0454. The molecule has 0 amide bonds. The fourth-order valence-electron chi connectivity index (χ4n) is 1.81. The van der Waals surface area contributed by atoms with Crippen LogP contribution in [0.5, 0.6) is 5.75 Å². The van der Waals surface area contributed by atoms with Gasteiger partial charge in [-0.2, -0.15) is 14.0 Å². The number of nitriles is 1. The summed E-state index contributed by atoms with van der Waals surface area (Å²) in [6, 6.07) is 12.2. The van der Waals surface area contributed by atoms with Gasteiger partial charge in [0.25, 0.3) is 0 Å². The Kier molecular flexibility index (Phi) is 4.67. The maximum Gasteiger partial charge on any atom is 0.387 e. The second-order valence-electron chi connectivity index (χ2n) is 4.15. The first kappa shape index (κ1) is 14.7. The second kappa shape index (κ2) is 6.66. The average molecular weight is 292 g/mol. The molecule has 2 aromatic carbocycles. The van der Waals surface area contributed by atoms with E-state index in [-0.39, 0.29) is 17.9 Å². The standard InChI is InChI=1S/C15H11F3N2O/c16-13-5-2-6-14(12(13)8-19)20-9-10-3-1-4-11(7-10)21-15(17)18/h1-7,15,20H,9H2. The molecule has 0 unspecified atom stereocenters. The van der Waals surface area contributed by atoms with Crippen LogP contribution in [-0.4, -0.2) is 6.61 Å². The lowest BCUT2D eigenvalue weighted by Crippen LogP contribution is -2.04. The number of alkyl halides is 2. The fraction of sp³-hybridized carbons (Fsp3) is 0.133. The van der Waals surface area contributed by atoms with E-state index in [2.05, 4.69) is 10.1 Å². The third kappa shape index (κ3) is 3.89. The van der Waals surface area contributed by atoms with Crippen LogP contribution < -0.4 is 10.1 Å². The number of hydrogen-bond donors (Lipinski definition) is 1. The van der Waals surface area contributed by atoms with E-state index in [9.17, 15) is 13.2 Å². The van der Waals surface area contributed by atoms with Crippen LogP contribution in [0.1, 0.15) is 11.1 Å². The average Bonchev–Trinajstić information content (AvgIpc) is 2.45. The largest absolute Gasteiger partial charge is 0.435 e. The summed E-state index contributed by atoms with van der Waals surface area (Å²) < 4.78 is 42.0. The number of nitrogens with zero attached hydrogens (tertiary/aromatic N) is 1. The van der Waals surface area contributed by atoms with E-state index in [1.54, 1.807) is 24.3 Å². The van der Waals surface area contributed by atoms with Crippen LogP contribution in [0.3, 0.4) is 0 Å². The van der Waals surface area contributed by atoms with Gasteiger partial charge in [0, 0.05) is 6.54 Å². The summed E-state index contributed by atoms with van der Waals surface area (Å²) >= 11 is 0. The highest BCUT2D eigenvalue weighted by Crippen LogP contribution is 2.20. The van der Waals surface area contributed by atoms with E-state index in [1.165, 1.54) is 24.3 Å². The van der Waals surface area contributed by atoms with Crippen LogP contribution in [-0.2, 0) is 6.54 Å². The Morgan fingerprint density at radius 2 is 1.95 bits per heavy atom. The van der Waals surface area contributed by atoms with Crippen molar-refractivity contribution < 1.29 is 17.9 Å². The lowest BCUT2D eigenvalue weighted by molar-refractivity contribution is -0.0498. The van der Waals surface area contributed by atoms with E-state index in [0.29, 0.717) is 11.3 Å². The molecule has 0 aromatic heterocycles. The summed E-state index contributed by atoms with van der Waals surface area (Å²) in [4.78, 5) is 0. The Labute approximate surface area is 119 Å². The van der Waals surface area contributed by atoms with Crippen LogP contribution in [0.4, 0.5) is 18.9 Å². The van der Waals surface area contributed by atoms with Gasteiger partial charge in [0.05, 0.1) is 5.69 Å². The van der Waals surface area contributed by atoms with Crippen molar-refractivity contribution in [1.29, 1.82) is 5.26 Å². The highest BCUT2D eigenvalue weighted by Gasteiger charge is 2.08. The maximum absolute atomic E-state index is 13.4. The molecule has 0 heterocycles. The summed E-state index contributed by atoms with van der Waals surface area (Å²) in [7, 11) is 0. The van der Waals surface area contributed by atoms with Crippen LogP contribution in [0.2, 0.25) is 0 Å². The molecule has 21 heavy (non-hydrogen) atoms. The Hall–Kier alpha value is -2.68. The molecule has 0 atom stereocenters. The van der Waals surface area contributed by atoms with Gasteiger partial charge >= 0.3 is 6.61 Å². The normalized spacial score (nSPS) is 10.2. The Balaban J connectivity index is 2.10. The van der Waals surface area contributed by atoms with Crippen molar-refractivity contribution in [3.8, 4) is 11.8 Å². The SMILES string of the molecule is N#Cc1c(F)cccc1NCc1cccc(OC(F)F)c1. The number of rotatable bonds is 5. The van der Waals surface area contributed by atoms with Crippen molar-refractivity contribution in [1.82, 2.24) is 0 Å². The number of halogens is 3. The van der Waals surface area contributed by atoms with Gasteiger partial charge in [0.1, 0.15) is 23.2 Å². The smallest absolute Gasteiger partial charge is 0.387 e. The minimum atomic E-state index is -2.89. The first-order valence-corrected chi connectivity index (χ1v) is 6.06. The molecular weight excluding hydrogens is 281 g/mol. The van der Waals surface area contributed by atoms with E-state index in [4.69, 9.17) is 5.26 Å². The zero-order valence-corrected chi connectivity index (χ0v) is 10.8. The van der Waals surface area contributed by atoms with E-state index in [1.807, 2.05) is 0 Å². The van der Waals surface area contributed by atoms with E-state index < -0.39 is 12.4 Å². The van der Waals surface area contributed by atoms with Gasteiger partial charge in [-0.05, 0) is 29.8 Å². The summed E-state index contributed by atoms with van der Waals surface area (Å²) in [5.41, 5.74) is 0.927.